The second-order valence-electron chi connectivity index (χ2n) is 0.908. The van der Waals surface area contributed by atoms with Crippen LogP contribution in [0.2, 0.25) is 0 Å². The summed E-state index contributed by atoms with van der Waals surface area (Å²) >= 11 is 0. The van der Waals surface area contributed by atoms with Crippen LogP contribution in [0.5, 0.6) is 0 Å². The fourth-order valence-electron chi connectivity index (χ4n) is 0. The molecule has 0 unspecified atom stereocenters. The third-order valence-electron chi connectivity index (χ3n) is 0. The molecule has 0 aliphatic heterocycles. The molecule has 0 spiro atoms. The molecule has 2 N–H and O–H groups in total. The summed E-state index contributed by atoms with van der Waals surface area (Å²) in [4.78, 5) is 9.44. The largest absolute Gasteiger partial charge is 2.00 e. The van der Waals surface area contributed by atoms with Crippen molar-refractivity contribution in [1.29, 1.82) is 0 Å². The Bertz CT molecular complexity index is 33.2. The van der Waals surface area contributed by atoms with Crippen molar-refractivity contribution in [2.24, 2.45) is 0 Å². The molecule has 0 aromatic carbocycles. The fraction of sp³-hybridized carbons (Fsp3) is 0.667. The van der Waals surface area contributed by atoms with Gasteiger partial charge in [0.2, 0.25) is 0 Å². The van der Waals surface area contributed by atoms with E-state index >= 15 is 0 Å². The zero-order valence-corrected chi connectivity index (χ0v) is 8.95. The predicted molar refractivity (Wildman–Crippen MR) is 26.0 cm³/mol. The van der Waals surface area contributed by atoms with Crippen LogP contribution in [0.4, 0.5) is 0 Å². The van der Waals surface area contributed by atoms with E-state index in [-0.39, 0.29) is 65.6 Å². The molecule has 0 atom stereocenters. The quantitative estimate of drug-likeness (QED) is 0.543. The topological polar surface area (TPSA) is 77.1 Å². The second-order valence-corrected chi connectivity index (χ2v) is 0.908. The van der Waals surface area contributed by atoms with Crippen LogP contribution in [-0.2, 0) is 4.79 Å². The summed E-state index contributed by atoms with van der Waals surface area (Å²) in [5.41, 5.74) is 0. The summed E-state index contributed by atoms with van der Waals surface area (Å²) in [5.74, 6) is 0.167. The van der Waals surface area contributed by atoms with Crippen LogP contribution in [0.25, 0.3) is 0 Å². The van der Waals surface area contributed by atoms with Gasteiger partial charge < -0.3 is 15.7 Å². The van der Waals surface area contributed by atoms with Gasteiger partial charge in [0.05, 0.1) is 0 Å². The predicted octanol–water partition coefficient (Wildman–Crippen LogP) is -0.139. The van der Waals surface area contributed by atoms with E-state index in [9.17, 15) is 4.79 Å². The van der Waals surface area contributed by atoms with E-state index < -0.39 is 0 Å². The standard InChI is InChI=1S/C3H6O.Ba.2H2O/c1-3(2)4;;;/h1-2H3;;2*1H2/q;+2;;/p-2. The minimum Gasteiger partial charge on any atom is -0.870 e. The molecule has 0 aromatic rings. The first kappa shape index (κ1) is 24.2. The molecule has 0 saturated carbocycles. The van der Waals surface area contributed by atoms with E-state index in [1.165, 1.54) is 13.8 Å². The van der Waals surface area contributed by atoms with Crippen molar-refractivity contribution in [3.05, 3.63) is 0 Å². The van der Waals surface area contributed by atoms with Crippen molar-refractivity contribution >= 4 is 54.7 Å². The zero-order chi connectivity index (χ0) is 3.58. The number of ketones is 1. The first-order valence-corrected chi connectivity index (χ1v) is 1.20. The van der Waals surface area contributed by atoms with Gasteiger partial charge in [-0.15, -0.1) is 0 Å². The van der Waals surface area contributed by atoms with Gasteiger partial charge in [-0.05, 0) is 13.8 Å². The Morgan fingerprint density at radius 2 is 1.14 bits per heavy atom. The molecule has 40 valence electrons. The number of Topliss-reactive ketones (excluding diaryl/α,β-unsaturated/α-hetero) is 1. The van der Waals surface area contributed by atoms with E-state index in [0.29, 0.717) is 0 Å². The summed E-state index contributed by atoms with van der Waals surface area (Å²) in [7, 11) is 0. The first-order valence-electron chi connectivity index (χ1n) is 1.20. The van der Waals surface area contributed by atoms with Crippen LogP contribution < -0.4 is 0 Å². The number of hydrogen-bond acceptors (Lipinski definition) is 3. The molecule has 0 aliphatic carbocycles. The number of carbonyl (C=O) groups is 1. The zero-order valence-electron chi connectivity index (χ0n) is 4.51. The van der Waals surface area contributed by atoms with Crippen molar-refractivity contribution in [2.45, 2.75) is 13.8 Å². The molecule has 0 aromatic heterocycles. The molecule has 4 heteroatoms. The van der Waals surface area contributed by atoms with Gasteiger partial charge in [0, 0.05) is 0 Å². The van der Waals surface area contributed by atoms with Gasteiger partial charge in [-0.3, -0.25) is 0 Å². The van der Waals surface area contributed by atoms with Crippen molar-refractivity contribution in [2.75, 3.05) is 0 Å². The van der Waals surface area contributed by atoms with Crippen molar-refractivity contribution < 1.29 is 15.7 Å². The monoisotopic (exact) mass is 230 g/mol. The van der Waals surface area contributed by atoms with Crippen LogP contribution in [0.3, 0.4) is 0 Å². The molecule has 0 rings (SSSR count). The van der Waals surface area contributed by atoms with Crippen LogP contribution >= 0.6 is 0 Å². The van der Waals surface area contributed by atoms with Gasteiger partial charge in [-0.2, -0.15) is 0 Å². The average Bonchev–Trinajstić information content (AvgIpc) is 0.811. The third kappa shape index (κ3) is 141. The van der Waals surface area contributed by atoms with Crippen LogP contribution in [-0.4, -0.2) is 65.6 Å². The number of rotatable bonds is 0. The third-order valence-corrected chi connectivity index (χ3v) is 0. The van der Waals surface area contributed by atoms with Gasteiger partial charge in [-0.25, -0.2) is 0 Å². The van der Waals surface area contributed by atoms with E-state index in [2.05, 4.69) is 0 Å². The van der Waals surface area contributed by atoms with Crippen LogP contribution in [0.1, 0.15) is 13.8 Å². The summed E-state index contributed by atoms with van der Waals surface area (Å²) in [5, 5.41) is 0. The summed E-state index contributed by atoms with van der Waals surface area (Å²) < 4.78 is 0. The maximum Gasteiger partial charge on any atom is 2.00 e. The van der Waals surface area contributed by atoms with Crippen molar-refractivity contribution in [1.82, 2.24) is 0 Å². The maximum atomic E-state index is 9.44. The van der Waals surface area contributed by atoms with Gasteiger partial charge in [0.15, 0.2) is 0 Å². The minimum absolute atomic E-state index is 0. The van der Waals surface area contributed by atoms with Crippen molar-refractivity contribution in [3.8, 4) is 0 Å². The van der Waals surface area contributed by atoms with Crippen LogP contribution in [0.15, 0.2) is 0 Å². The van der Waals surface area contributed by atoms with E-state index in [4.69, 9.17) is 0 Å². The normalized spacial score (nSPS) is 3.71. The molecule has 3 nitrogen and oxygen atoms in total. The Labute approximate surface area is 83.2 Å². The van der Waals surface area contributed by atoms with E-state index in [0.717, 1.165) is 0 Å². The minimum atomic E-state index is 0. The fourth-order valence-corrected chi connectivity index (χ4v) is 0. The molecule has 7 heavy (non-hydrogen) atoms. The average molecular weight is 229 g/mol. The molecular weight excluding hydrogens is 221 g/mol. The smallest absolute Gasteiger partial charge is 0.870 e. The van der Waals surface area contributed by atoms with Crippen LogP contribution in [0, 0.1) is 0 Å². The summed E-state index contributed by atoms with van der Waals surface area (Å²) in [6, 6.07) is 0. The van der Waals surface area contributed by atoms with Gasteiger partial charge in [-0.1, -0.05) is 0 Å². The Hall–Kier alpha value is 1.16. The van der Waals surface area contributed by atoms with Gasteiger partial charge in [0.1, 0.15) is 5.78 Å². The van der Waals surface area contributed by atoms with E-state index in [1.54, 1.807) is 0 Å². The van der Waals surface area contributed by atoms with Gasteiger partial charge in [0.25, 0.3) is 0 Å². The summed E-state index contributed by atoms with van der Waals surface area (Å²) in [6.07, 6.45) is 0. The maximum absolute atomic E-state index is 9.44. The van der Waals surface area contributed by atoms with Gasteiger partial charge >= 0.3 is 48.9 Å². The molecule has 0 aliphatic rings. The van der Waals surface area contributed by atoms with Crippen molar-refractivity contribution in [3.63, 3.8) is 0 Å². The number of hydrogen-bond donors (Lipinski definition) is 0. The molecule has 0 fully saturated rings. The summed E-state index contributed by atoms with van der Waals surface area (Å²) in [6.45, 7) is 3.06. The Morgan fingerprint density at radius 3 is 1.14 bits per heavy atom. The molecular formula is C3H8BaO3. The Morgan fingerprint density at radius 1 is 1.14 bits per heavy atom. The molecule has 0 saturated heterocycles. The molecule has 0 amide bonds. The number of carbonyl (C=O) groups excluding carboxylic acids is 1. The molecule has 0 radical (unpaired) electrons. The Kier molecular flexibility index (Phi) is 54.2. The Balaban J connectivity index is -0.0000000150. The second kappa shape index (κ2) is 15.7. The first-order chi connectivity index (χ1) is 1.73. The van der Waals surface area contributed by atoms with E-state index in [1.807, 2.05) is 0 Å². The molecule has 0 heterocycles. The SMILES string of the molecule is CC(C)=O.[Ba+2].[OH-].[OH-]. The molecule has 0 bridgehead atoms.